The number of hydrogen-bond donors (Lipinski definition) is 3. The average Bonchev–Trinajstić information content (AvgIpc) is 2.86. The molecule has 6 nitrogen and oxygen atoms in total. The van der Waals surface area contributed by atoms with E-state index in [1.54, 1.807) is 0 Å². The van der Waals surface area contributed by atoms with Crippen LogP contribution in [0.15, 0.2) is 18.2 Å². The van der Waals surface area contributed by atoms with Crippen LogP contribution in [-0.4, -0.2) is 66.1 Å². The Morgan fingerprint density at radius 3 is 2.84 bits per heavy atom. The van der Waals surface area contributed by atoms with E-state index in [1.807, 2.05) is 23.1 Å². The van der Waals surface area contributed by atoms with Gasteiger partial charge in [0.15, 0.2) is 0 Å². The normalized spacial score (nSPS) is 19.7. The van der Waals surface area contributed by atoms with Crippen molar-refractivity contribution in [2.24, 2.45) is 0 Å². The molecular formula is C19H28N2O4. The van der Waals surface area contributed by atoms with Crippen LogP contribution in [-0.2, 0) is 11.2 Å². The van der Waals surface area contributed by atoms with E-state index in [-0.39, 0.29) is 25.7 Å². The minimum absolute atomic E-state index is 0.0328. The SMILES string of the molecule is O=C(c1ccc2c(c1)CCCCN2)N1CCC(O)(COCCO)CC1. The summed E-state index contributed by atoms with van der Waals surface area (Å²) in [4.78, 5) is 14.6. The van der Waals surface area contributed by atoms with Crippen molar-refractivity contribution in [2.45, 2.75) is 37.7 Å². The summed E-state index contributed by atoms with van der Waals surface area (Å²) in [6.07, 6.45) is 4.29. The molecule has 0 spiro atoms. The molecule has 0 bridgehead atoms. The van der Waals surface area contributed by atoms with Crippen molar-refractivity contribution < 1.29 is 19.7 Å². The van der Waals surface area contributed by atoms with E-state index in [4.69, 9.17) is 9.84 Å². The number of fused-ring (bicyclic) bond motifs is 1. The maximum Gasteiger partial charge on any atom is 0.253 e. The van der Waals surface area contributed by atoms with Gasteiger partial charge >= 0.3 is 0 Å². The lowest BCUT2D eigenvalue weighted by Gasteiger charge is -2.38. The quantitative estimate of drug-likeness (QED) is 0.701. The number of aliphatic hydroxyl groups excluding tert-OH is 1. The van der Waals surface area contributed by atoms with Gasteiger partial charge in [0.25, 0.3) is 5.91 Å². The first-order chi connectivity index (χ1) is 12.1. The first kappa shape index (κ1) is 18.2. The number of likely N-dealkylation sites (tertiary alicyclic amines) is 1. The topological polar surface area (TPSA) is 82.0 Å². The molecule has 2 aliphatic rings. The third-order valence-electron chi connectivity index (χ3n) is 5.13. The third-order valence-corrected chi connectivity index (χ3v) is 5.13. The second-order valence-electron chi connectivity index (χ2n) is 7.05. The van der Waals surface area contributed by atoms with E-state index in [1.165, 1.54) is 5.56 Å². The van der Waals surface area contributed by atoms with Crippen LogP contribution in [0.2, 0.25) is 0 Å². The summed E-state index contributed by atoms with van der Waals surface area (Å²) in [5, 5.41) is 22.7. The number of amides is 1. The Bertz CT molecular complexity index is 597. The van der Waals surface area contributed by atoms with Crippen molar-refractivity contribution in [1.29, 1.82) is 0 Å². The number of carbonyl (C=O) groups excluding carboxylic acids is 1. The lowest BCUT2D eigenvalue weighted by molar-refractivity contribution is -0.0812. The number of nitrogens with zero attached hydrogens (tertiary/aromatic N) is 1. The third kappa shape index (κ3) is 4.51. The minimum atomic E-state index is -0.899. The van der Waals surface area contributed by atoms with Crippen molar-refractivity contribution >= 4 is 11.6 Å². The molecule has 138 valence electrons. The summed E-state index contributed by atoms with van der Waals surface area (Å²) in [5.74, 6) is 0.0328. The number of aliphatic hydroxyl groups is 2. The van der Waals surface area contributed by atoms with Gasteiger partial charge in [0.1, 0.15) is 0 Å². The molecule has 0 atom stereocenters. The highest BCUT2D eigenvalue weighted by atomic mass is 16.5. The summed E-state index contributed by atoms with van der Waals surface area (Å²) in [6.45, 7) is 2.42. The molecule has 25 heavy (non-hydrogen) atoms. The number of hydrogen-bond acceptors (Lipinski definition) is 5. The van der Waals surface area contributed by atoms with Gasteiger partial charge in [0.05, 0.1) is 25.4 Å². The molecule has 0 radical (unpaired) electrons. The first-order valence-corrected chi connectivity index (χ1v) is 9.18. The van der Waals surface area contributed by atoms with E-state index in [0.29, 0.717) is 25.9 Å². The Morgan fingerprint density at radius 2 is 2.08 bits per heavy atom. The molecule has 3 N–H and O–H groups in total. The Labute approximate surface area is 148 Å². The molecule has 0 aromatic heterocycles. The fourth-order valence-electron chi connectivity index (χ4n) is 3.55. The Balaban J connectivity index is 1.60. The number of anilines is 1. The van der Waals surface area contributed by atoms with Gasteiger partial charge in [-0.2, -0.15) is 0 Å². The summed E-state index contributed by atoms with van der Waals surface area (Å²) < 4.78 is 5.27. The van der Waals surface area contributed by atoms with Crippen LogP contribution in [0.25, 0.3) is 0 Å². The minimum Gasteiger partial charge on any atom is -0.394 e. The predicted molar refractivity (Wildman–Crippen MR) is 95.9 cm³/mol. The van der Waals surface area contributed by atoms with Crippen molar-refractivity contribution in [2.75, 3.05) is 44.8 Å². The number of piperidine rings is 1. The van der Waals surface area contributed by atoms with E-state index < -0.39 is 5.60 Å². The van der Waals surface area contributed by atoms with Gasteiger partial charge in [0.2, 0.25) is 0 Å². The van der Waals surface area contributed by atoms with Crippen molar-refractivity contribution in [3.05, 3.63) is 29.3 Å². The van der Waals surface area contributed by atoms with Gasteiger partial charge in [0, 0.05) is 30.9 Å². The van der Waals surface area contributed by atoms with Crippen molar-refractivity contribution in [1.82, 2.24) is 4.90 Å². The van der Waals surface area contributed by atoms with Gasteiger partial charge in [-0.25, -0.2) is 0 Å². The van der Waals surface area contributed by atoms with Gasteiger partial charge in [-0.05, 0) is 55.9 Å². The molecule has 2 heterocycles. The highest BCUT2D eigenvalue weighted by molar-refractivity contribution is 5.95. The molecule has 2 aliphatic heterocycles. The summed E-state index contributed by atoms with van der Waals surface area (Å²) in [7, 11) is 0. The van der Waals surface area contributed by atoms with Gasteiger partial charge < -0.3 is 25.2 Å². The van der Waals surface area contributed by atoms with Crippen LogP contribution in [0.5, 0.6) is 0 Å². The Hall–Kier alpha value is -1.63. The van der Waals surface area contributed by atoms with E-state index in [0.717, 1.165) is 37.1 Å². The van der Waals surface area contributed by atoms with E-state index in [9.17, 15) is 9.90 Å². The monoisotopic (exact) mass is 348 g/mol. The summed E-state index contributed by atoms with van der Waals surface area (Å²) >= 11 is 0. The highest BCUT2D eigenvalue weighted by Gasteiger charge is 2.34. The molecule has 0 aliphatic carbocycles. The summed E-state index contributed by atoms with van der Waals surface area (Å²) in [6, 6.07) is 5.92. The number of aryl methyl sites for hydroxylation is 1. The number of carbonyl (C=O) groups is 1. The van der Waals surface area contributed by atoms with Crippen LogP contribution >= 0.6 is 0 Å². The Morgan fingerprint density at radius 1 is 1.28 bits per heavy atom. The maximum absolute atomic E-state index is 12.8. The number of benzene rings is 1. The van der Waals surface area contributed by atoms with Gasteiger partial charge in [-0.1, -0.05) is 0 Å². The van der Waals surface area contributed by atoms with Crippen LogP contribution in [0.4, 0.5) is 5.69 Å². The van der Waals surface area contributed by atoms with Crippen LogP contribution < -0.4 is 5.32 Å². The number of ether oxygens (including phenoxy) is 1. The molecule has 1 saturated heterocycles. The second kappa shape index (κ2) is 8.17. The molecule has 0 saturated carbocycles. The standard InChI is InChI=1S/C19H28N2O4/c22-11-12-25-14-19(24)6-9-21(10-7-19)18(23)16-4-5-17-15(13-16)3-1-2-8-20-17/h4-5,13,20,22,24H,1-3,6-12,14H2. The zero-order valence-electron chi connectivity index (χ0n) is 14.7. The highest BCUT2D eigenvalue weighted by Crippen LogP contribution is 2.26. The van der Waals surface area contributed by atoms with Gasteiger partial charge in [-0.3, -0.25) is 4.79 Å². The van der Waals surface area contributed by atoms with Crippen molar-refractivity contribution in [3.8, 4) is 0 Å². The largest absolute Gasteiger partial charge is 0.394 e. The van der Waals surface area contributed by atoms with E-state index >= 15 is 0 Å². The van der Waals surface area contributed by atoms with E-state index in [2.05, 4.69) is 5.32 Å². The molecule has 0 unspecified atom stereocenters. The Kier molecular flexibility index (Phi) is 5.93. The molecule has 1 amide bonds. The first-order valence-electron chi connectivity index (χ1n) is 9.18. The lowest BCUT2D eigenvalue weighted by Crippen LogP contribution is -2.49. The zero-order chi connectivity index (χ0) is 17.7. The molecule has 1 fully saturated rings. The van der Waals surface area contributed by atoms with Crippen LogP contribution in [0, 0.1) is 0 Å². The number of nitrogens with one attached hydrogen (secondary N) is 1. The van der Waals surface area contributed by atoms with Crippen molar-refractivity contribution in [3.63, 3.8) is 0 Å². The molecule has 1 aromatic carbocycles. The van der Waals surface area contributed by atoms with Gasteiger partial charge in [-0.15, -0.1) is 0 Å². The average molecular weight is 348 g/mol. The smallest absolute Gasteiger partial charge is 0.253 e. The fourth-order valence-corrected chi connectivity index (χ4v) is 3.55. The lowest BCUT2D eigenvalue weighted by atomic mass is 9.92. The number of rotatable bonds is 5. The fraction of sp³-hybridized carbons (Fsp3) is 0.632. The van der Waals surface area contributed by atoms with Crippen LogP contribution in [0.3, 0.4) is 0 Å². The maximum atomic E-state index is 12.8. The molecule has 3 rings (SSSR count). The predicted octanol–water partition coefficient (Wildman–Crippen LogP) is 1.41. The molecular weight excluding hydrogens is 320 g/mol. The molecule has 6 heteroatoms. The van der Waals surface area contributed by atoms with Crippen LogP contribution in [0.1, 0.15) is 41.6 Å². The molecule has 1 aromatic rings. The zero-order valence-corrected chi connectivity index (χ0v) is 14.7. The second-order valence-corrected chi connectivity index (χ2v) is 7.05. The summed E-state index contributed by atoms with van der Waals surface area (Å²) in [5.41, 5.74) is 2.19.